The number of carbonyl (C=O) groups is 3. The van der Waals surface area contributed by atoms with Crippen LogP contribution in [-0.2, 0) is 4.79 Å². The Kier molecular flexibility index (Phi) is 4.44. The molecule has 26 heavy (non-hydrogen) atoms. The van der Waals surface area contributed by atoms with Gasteiger partial charge in [-0.05, 0) is 30.3 Å². The molecule has 0 radical (unpaired) electrons. The normalized spacial score (nSPS) is 12.9. The predicted octanol–water partition coefficient (Wildman–Crippen LogP) is 2.36. The average molecular weight is 357 g/mol. The lowest BCUT2D eigenvalue weighted by molar-refractivity contribution is -0.384. The number of anilines is 1. The fraction of sp³-hybridized carbons (Fsp3) is 0.118. The number of nitrogens with zero attached hydrogens (tertiary/aromatic N) is 2. The highest BCUT2D eigenvalue weighted by Gasteiger charge is 2.36. The van der Waals surface area contributed by atoms with Crippen LogP contribution in [0.4, 0.5) is 15.8 Å². The minimum Gasteiger partial charge on any atom is -0.326 e. The molecule has 2 aromatic rings. The van der Waals surface area contributed by atoms with Crippen molar-refractivity contribution in [2.75, 3.05) is 11.9 Å². The molecular weight excluding hydrogens is 345 g/mol. The summed E-state index contributed by atoms with van der Waals surface area (Å²) in [5, 5.41) is 13.3. The average Bonchev–Trinajstić information content (AvgIpc) is 2.85. The lowest BCUT2D eigenvalue weighted by atomic mass is 10.1. The minimum absolute atomic E-state index is 0.0526. The number of halogens is 1. The van der Waals surface area contributed by atoms with Gasteiger partial charge in [0.15, 0.2) is 0 Å². The maximum Gasteiger partial charge on any atom is 0.270 e. The van der Waals surface area contributed by atoms with Crippen LogP contribution in [-0.4, -0.2) is 34.1 Å². The Bertz CT molecular complexity index is 926. The molecule has 0 saturated heterocycles. The van der Waals surface area contributed by atoms with Gasteiger partial charge >= 0.3 is 0 Å². The molecule has 0 saturated carbocycles. The molecule has 0 spiro atoms. The van der Waals surface area contributed by atoms with E-state index in [1.165, 1.54) is 30.3 Å². The van der Waals surface area contributed by atoms with E-state index in [9.17, 15) is 28.9 Å². The first-order valence-electron chi connectivity index (χ1n) is 7.57. The van der Waals surface area contributed by atoms with Crippen LogP contribution in [0.5, 0.6) is 0 Å². The highest BCUT2D eigenvalue weighted by molar-refractivity contribution is 6.21. The van der Waals surface area contributed by atoms with E-state index >= 15 is 0 Å². The van der Waals surface area contributed by atoms with Crippen LogP contribution in [0.2, 0.25) is 0 Å². The number of fused-ring (bicyclic) bond motifs is 1. The third kappa shape index (κ3) is 3.27. The second kappa shape index (κ2) is 6.71. The zero-order valence-electron chi connectivity index (χ0n) is 13.3. The molecule has 0 unspecified atom stereocenters. The van der Waals surface area contributed by atoms with Crippen molar-refractivity contribution in [2.45, 2.75) is 6.42 Å². The van der Waals surface area contributed by atoms with E-state index in [1.807, 2.05) is 0 Å². The first kappa shape index (κ1) is 17.2. The topological polar surface area (TPSA) is 110 Å². The van der Waals surface area contributed by atoms with Gasteiger partial charge in [-0.15, -0.1) is 0 Å². The molecule has 1 heterocycles. The summed E-state index contributed by atoms with van der Waals surface area (Å²) in [5.74, 6) is -2.18. The van der Waals surface area contributed by atoms with Crippen molar-refractivity contribution in [2.24, 2.45) is 0 Å². The van der Waals surface area contributed by atoms with E-state index in [-0.39, 0.29) is 29.8 Å². The van der Waals surface area contributed by atoms with Crippen molar-refractivity contribution in [1.29, 1.82) is 0 Å². The molecule has 1 N–H and O–H groups in total. The quantitative estimate of drug-likeness (QED) is 0.502. The van der Waals surface area contributed by atoms with Crippen molar-refractivity contribution in [1.82, 2.24) is 4.90 Å². The number of hydrogen-bond donors (Lipinski definition) is 1. The molecular formula is C17H12FN3O5. The molecule has 2 aromatic carbocycles. The summed E-state index contributed by atoms with van der Waals surface area (Å²) in [4.78, 5) is 47.5. The summed E-state index contributed by atoms with van der Waals surface area (Å²) in [5.41, 5.74) is 0.109. The zero-order chi connectivity index (χ0) is 18.8. The Balaban J connectivity index is 1.66. The van der Waals surface area contributed by atoms with Gasteiger partial charge in [0.2, 0.25) is 5.91 Å². The Morgan fingerprint density at radius 2 is 1.73 bits per heavy atom. The molecule has 3 rings (SSSR count). The van der Waals surface area contributed by atoms with E-state index in [1.54, 1.807) is 0 Å². The van der Waals surface area contributed by atoms with E-state index in [0.29, 0.717) is 5.69 Å². The van der Waals surface area contributed by atoms with Gasteiger partial charge in [-0.25, -0.2) is 4.39 Å². The molecule has 0 aliphatic carbocycles. The molecule has 3 amide bonds. The predicted molar refractivity (Wildman–Crippen MR) is 88.1 cm³/mol. The molecule has 0 atom stereocenters. The summed E-state index contributed by atoms with van der Waals surface area (Å²) < 4.78 is 12.8. The summed E-state index contributed by atoms with van der Waals surface area (Å²) in [6.07, 6.45) is -0.162. The molecule has 132 valence electrons. The Hall–Kier alpha value is -3.62. The lowest BCUT2D eigenvalue weighted by Crippen LogP contribution is -2.32. The molecule has 0 aromatic heterocycles. The van der Waals surface area contributed by atoms with Crippen molar-refractivity contribution >= 4 is 29.1 Å². The largest absolute Gasteiger partial charge is 0.326 e. The molecule has 9 heteroatoms. The monoisotopic (exact) mass is 357 g/mol. The maximum atomic E-state index is 12.8. The van der Waals surface area contributed by atoms with Gasteiger partial charge in [0.1, 0.15) is 5.82 Å². The van der Waals surface area contributed by atoms with Crippen molar-refractivity contribution in [3.05, 3.63) is 69.5 Å². The zero-order valence-corrected chi connectivity index (χ0v) is 13.3. The third-order valence-corrected chi connectivity index (χ3v) is 3.86. The van der Waals surface area contributed by atoms with Crippen LogP contribution in [0.25, 0.3) is 0 Å². The third-order valence-electron chi connectivity index (χ3n) is 3.86. The number of imide groups is 1. The maximum absolute atomic E-state index is 12.8. The summed E-state index contributed by atoms with van der Waals surface area (Å²) in [6.45, 7) is -0.173. The van der Waals surface area contributed by atoms with Crippen molar-refractivity contribution < 1.29 is 23.7 Å². The van der Waals surface area contributed by atoms with Crippen molar-refractivity contribution in [3.8, 4) is 0 Å². The first-order chi connectivity index (χ1) is 12.4. The Morgan fingerprint density at radius 1 is 1.08 bits per heavy atom. The molecule has 1 aliphatic heterocycles. The highest BCUT2D eigenvalue weighted by atomic mass is 19.1. The number of rotatable bonds is 5. The van der Waals surface area contributed by atoms with Gasteiger partial charge in [-0.1, -0.05) is 0 Å². The Labute approximate surface area is 146 Å². The number of nitro benzene ring substituents is 1. The van der Waals surface area contributed by atoms with Crippen LogP contribution < -0.4 is 5.32 Å². The molecule has 1 aliphatic rings. The SMILES string of the molecule is O=C(CCN1C(=O)c2ccc([N+](=O)[O-])cc2C1=O)Nc1ccc(F)cc1. The second-order valence-corrected chi connectivity index (χ2v) is 5.55. The van der Waals surface area contributed by atoms with Crippen molar-refractivity contribution in [3.63, 3.8) is 0 Å². The molecule has 0 bridgehead atoms. The van der Waals surface area contributed by atoms with E-state index in [2.05, 4.69) is 5.32 Å². The van der Waals surface area contributed by atoms with Gasteiger partial charge in [-0.2, -0.15) is 0 Å². The van der Waals surface area contributed by atoms with E-state index < -0.39 is 28.5 Å². The highest BCUT2D eigenvalue weighted by Crippen LogP contribution is 2.26. The fourth-order valence-corrected chi connectivity index (χ4v) is 2.57. The minimum atomic E-state index is -0.678. The molecule has 0 fully saturated rings. The lowest BCUT2D eigenvalue weighted by Gasteiger charge is -2.13. The number of non-ortho nitro benzene ring substituents is 1. The van der Waals surface area contributed by atoms with Gasteiger partial charge in [-0.3, -0.25) is 29.4 Å². The van der Waals surface area contributed by atoms with Crippen LogP contribution in [0.1, 0.15) is 27.1 Å². The van der Waals surface area contributed by atoms with Gasteiger partial charge < -0.3 is 5.32 Å². The van der Waals surface area contributed by atoms with E-state index in [4.69, 9.17) is 0 Å². The van der Waals surface area contributed by atoms with Crippen LogP contribution in [0, 0.1) is 15.9 Å². The number of nitro groups is 1. The number of nitrogens with one attached hydrogen (secondary N) is 1. The number of carbonyl (C=O) groups excluding carboxylic acids is 3. The van der Waals surface area contributed by atoms with Crippen LogP contribution in [0.15, 0.2) is 42.5 Å². The summed E-state index contributed by atoms with van der Waals surface area (Å²) >= 11 is 0. The first-order valence-corrected chi connectivity index (χ1v) is 7.57. The summed E-state index contributed by atoms with van der Waals surface area (Å²) in [6, 6.07) is 8.57. The van der Waals surface area contributed by atoms with Crippen LogP contribution in [0.3, 0.4) is 0 Å². The standard InChI is InChI=1S/C17H12FN3O5/c18-10-1-3-11(4-2-10)19-15(22)7-8-20-16(23)13-6-5-12(21(25)26)9-14(13)17(20)24/h1-6,9H,7-8H2,(H,19,22). The van der Waals surface area contributed by atoms with Gasteiger partial charge in [0.05, 0.1) is 16.1 Å². The van der Waals surface area contributed by atoms with E-state index in [0.717, 1.165) is 17.0 Å². The molecule has 8 nitrogen and oxygen atoms in total. The van der Waals surface area contributed by atoms with Crippen LogP contribution >= 0.6 is 0 Å². The number of hydrogen-bond acceptors (Lipinski definition) is 5. The fourth-order valence-electron chi connectivity index (χ4n) is 2.57. The summed E-state index contributed by atoms with van der Waals surface area (Å²) in [7, 11) is 0. The number of benzene rings is 2. The Morgan fingerprint density at radius 3 is 2.38 bits per heavy atom. The van der Waals surface area contributed by atoms with Gasteiger partial charge in [0.25, 0.3) is 17.5 Å². The van der Waals surface area contributed by atoms with Gasteiger partial charge in [0, 0.05) is 30.8 Å². The second-order valence-electron chi connectivity index (χ2n) is 5.55. The smallest absolute Gasteiger partial charge is 0.270 e. The number of amides is 3.